The van der Waals surface area contributed by atoms with Crippen LogP contribution in [0.2, 0.25) is 5.02 Å². The molecule has 0 amide bonds. The minimum Gasteiger partial charge on any atom is -0.492 e. The van der Waals surface area contributed by atoms with Crippen LogP contribution in [0.4, 0.5) is 5.69 Å². The SMILES string of the molecule is CC(C)COc1ccc(NCC2CCCS(=O)(=O)C2)cc1Cl. The summed E-state index contributed by atoms with van der Waals surface area (Å²) in [5.74, 6) is 1.92. The first-order valence-corrected chi connectivity index (χ1v) is 9.92. The molecule has 0 saturated carbocycles. The van der Waals surface area contributed by atoms with E-state index in [4.69, 9.17) is 16.3 Å². The Bertz CT molecular complexity index is 601. The summed E-state index contributed by atoms with van der Waals surface area (Å²) in [4.78, 5) is 0. The molecule has 1 aliphatic heterocycles. The summed E-state index contributed by atoms with van der Waals surface area (Å²) in [5, 5.41) is 3.85. The van der Waals surface area contributed by atoms with Gasteiger partial charge in [-0.3, -0.25) is 0 Å². The Balaban J connectivity index is 1.89. The van der Waals surface area contributed by atoms with Crippen molar-refractivity contribution >= 4 is 27.1 Å². The third kappa shape index (κ3) is 5.36. The molecule has 1 fully saturated rings. The van der Waals surface area contributed by atoms with E-state index in [2.05, 4.69) is 19.2 Å². The molecule has 0 bridgehead atoms. The van der Waals surface area contributed by atoms with Crippen LogP contribution in [0, 0.1) is 11.8 Å². The van der Waals surface area contributed by atoms with E-state index in [1.807, 2.05) is 18.2 Å². The lowest BCUT2D eigenvalue weighted by Crippen LogP contribution is -2.29. The van der Waals surface area contributed by atoms with Gasteiger partial charge in [-0.1, -0.05) is 25.4 Å². The van der Waals surface area contributed by atoms with E-state index in [1.54, 1.807) is 0 Å². The van der Waals surface area contributed by atoms with Crippen molar-refractivity contribution < 1.29 is 13.2 Å². The topological polar surface area (TPSA) is 55.4 Å². The smallest absolute Gasteiger partial charge is 0.150 e. The van der Waals surface area contributed by atoms with E-state index in [0.29, 0.717) is 35.6 Å². The fourth-order valence-corrected chi connectivity index (χ4v) is 4.54. The number of hydrogen-bond acceptors (Lipinski definition) is 4. The Hall–Kier alpha value is -0.940. The molecule has 6 heteroatoms. The zero-order chi connectivity index (χ0) is 16.2. The van der Waals surface area contributed by atoms with E-state index < -0.39 is 9.84 Å². The number of benzene rings is 1. The third-order valence-electron chi connectivity index (χ3n) is 3.66. The molecule has 0 radical (unpaired) electrons. The number of hydrogen-bond donors (Lipinski definition) is 1. The standard InChI is InChI=1S/C16H24ClNO3S/c1-12(2)10-21-16-6-5-14(8-15(16)17)18-9-13-4-3-7-22(19,20)11-13/h5-6,8,12-13,18H,3-4,7,9-11H2,1-2H3. The number of sulfone groups is 1. The highest BCUT2D eigenvalue weighted by atomic mass is 35.5. The average Bonchev–Trinajstić information content (AvgIpc) is 2.43. The summed E-state index contributed by atoms with van der Waals surface area (Å²) in [6, 6.07) is 5.60. The zero-order valence-electron chi connectivity index (χ0n) is 13.1. The van der Waals surface area contributed by atoms with Crippen molar-refractivity contribution in [3.8, 4) is 5.75 Å². The van der Waals surface area contributed by atoms with Gasteiger partial charge >= 0.3 is 0 Å². The van der Waals surface area contributed by atoms with Crippen LogP contribution in [0.3, 0.4) is 0 Å². The highest BCUT2D eigenvalue weighted by Gasteiger charge is 2.24. The normalized spacial score (nSPS) is 20.8. The van der Waals surface area contributed by atoms with Gasteiger partial charge in [-0.15, -0.1) is 0 Å². The van der Waals surface area contributed by atoms with Gasteiger partial charge in [0.25, 0.3) is 0 Å². The average molecular weight is 346 g/mol. The summed E-state index contributed by atoms with van der Waals surface area (Å²) in [6.07, 6.45) is 1.72. The van der Waals surface area contributed by atoms with Crippen LogP contribution in [0.15, 0.2) is 18.2 Å². The summed E-state index contributed by atoms with van der Waals surface area (Å²) in [6.45, 7) is 5.46. The van der Waals surface area contributed by atoms with E-state index in [-0.39, 0.29) is 11.7 Å². The number of halogens is 1. The van der Waals surface area contributed by atoms with Crippen LogP contribution >= 0.6 is 11.6 Å². The van der Waals surface area contributed by atoms with Gasteiger partial charge in [-0.05, 0) is 42.9 Å². The highest BCUT2D eigenvalue weighted by Crippen LogP contribution is 2.28. The number of ether oxygens (including phenoxy) is 1. The molecule has 1 aromatic rings. The maximum absolute atomic E-state index is 11.6. The Labute approximate surface area is 138 Å². The van der Waals surface area contributed by atoms with Crippen LogP contribution in [0.1, 0.15) is 26.7 Å². The van der Waals surface area contributed by atoms with Crippen molar-refractivity contribution in [1.82, 2.24) is 0 Å². The lowest BCUT2D eigenvalue weighted by molar-refractivity contribution is 0.271. The molecular formula is C16H24ClNO3S. The van der Waals surface area contributed by atoms with E-state index in [9.17, 15) is 8.42 Å². The molecule has 1 atom stereocenters. The predicted octanol–water partition coefficient (Wildman–Crippen LogP) is 3.61. The summed E-state index contributed by atoms with van der Waals surface area (Å²) in [7, 11) is -2.85. The molecule has 1 heterocycles. The largest absolute Gasteiger partial charge is 0.492 e. The highest BCUT2D eigenvalue weighted by molar-refractivity contribution is 7.91. The number of rotatable bonds is 6. The van der Waals surface area contributed by atoms with Gasteiger partial charge in [0, 0.05) is 12.2 Å². The maximum atomic E-state index is 11.6. The first-order chi connectivity index (χ1) is 10.4. The minimum atomic E-state index is -2.85. The molecule has 1 unspecified atom stereocenters. The molecule has 1 N–H and O–H groups in total. The molecule has 1 saturated heterocycles. The van der Waals surface area contributed by atoms with Gasteiger partial charge in [0.05, 0.1) is 23.1 Å². The van der Waals surface area contributed by atoms with Crippen LogP contribution in [-0.2, 0) is 9.84 Å². The molecule has 22 heavy (non-hydrogen) atoms. The van der Waals surface area contributed by atoms with Crippen molar-refractivity contribution in [3.63, 3.8) is 0 Å². The van der Waals surface area contributed by atoms with Crippen LogP contribution in [0.25, 0.3) is 0 Å². The fraction of sp³-hybridized carbons (Fsp3) is 0.625. The van der Waals surface area contributed by atoms with Crippen molar-refractivity contribution in [1.29, 1.82) is 0 Å². The summed E-state index contributed by atoms with van der Waals surface area (Å²) < 4.78 is 28.9. The maximum Gasteiger partial charge on any atom is 0.150 e. The van der Waals surface area contributed by atoms with Crippen LogP contribution in [-0.4, -0.2) is 33.1 Å². The van der Waals surface area contributed by atoms with E-state index >= 15 is 0 Å². The van der Waals surface area contributed by atoms with Gasteiger partial charge in [0.1, 0.15) is 5.75 Å². The first kappa shape index (κ1) is 17.4. The molecular weight excluding hydrogens is 322 g/mol. The van der Waals surface area contributed by atoms with Crippen molar-refractivity contribution in [2.45, 2.75) is 26.7 Å². The second-order valence-corrected chi connectivity index (χ2v) is 8.99. The molecule has 0 aliphatic carbocycles. The lowest BCUT2D eigenvalue weighted by atomic mass is 10.1. The quantitative estimate of drug-likeness (QED) is 0.855. The van der Waals surface area contributed by atoms with Crippen molar-refractivity contribution in [2.75, 3.05) is 30.0 Å². The second-order valence-electron chi connectivity index (χ2n) is 6.35. The van der Waals surface area contributed by atoms with Crippen LogP contribution in [0.5, 0.6) is 5.75 Å². The third-order valence-corrected chi connectivity index (χ3v) is 5.84. The Morgan fingerprint density at radius 3 is 2.82 bits per heavy atom. The molecule has 124 valence electrons. The minimum absolute atomic E-state index is 0.175. The molecule has 2 rings (SSSR count). The van der Waals surface area contributed by atoms with Gasteiger partial charge < -0.3 is 10.1 Å². The second kappa shape index (κ2) is 7.55. The van der Waals surface area contributed by atoms with Crippen LogP contribution < -0.4 is 10.1 Å². The van der Waals surface area contributed by atoms with E-state index in [1.165, 1.54) is 0 Å². The van der Waals surface area contributed by atoms with E-state index in [0.717, 1.165) is 18.5 Å². The van der Waals surface area contributed by atoms with Crippen molar-refractivity contribution in [2.24, 2.45) is 11.8 Å². The van der Waals surface area contributed by atoms with Gasteiger partial charge in [0.15, 0.2) is 9.84 Å². The molecule has 4 nitrogen and oxygen atoms in total. The molecule has 0 aromatic heterocycles. The van der Waals surface area contributed by atoms with Crippen molar-refractivity contribution in [3.05, 3.63) is 23.2 Å². The zero-order valence-corrected chi connectivity index (χ0v) is 14.7. The molecule has 1 aliphatic rings. The first-order valence-electron chi connectivity index (χ1n) is 7.72. The summed E-state index contributed by atoms with van der Waals surface area (Å²) in [5.41, 5.74) is 0.893. The molecule has 0 spiro atoms. The lowest BCUT2D eigenvalue weighted by Gasteiger charge is -2.22. The Morgan fingerprint density at radius 2 is 2.18 bits per heavy atom. The van der Waals surface area contributed by atoms with Gasteiger partial charge in [0.2, 0.25) is 0 Å². The number of nitrogens with one attached hydrogen (secondary N) is 1. The fourth-order valence-electron chi connectivity index (χ4n) is 2.53. The Kier molecular flexibility index (Phi) is 5.98. The Morgan fingerprint density at radius 1 is 1.41 bits per heavy atom. The summed E-state index contributed by atoms with van der Waals surface area (Å²) >= 11 is 6.22. The number of anilines is 1. The molecule has 1 aromatic carbocycles. The predicted molar refractivity (Wildman–Crippen MR) is 91.7 cm³/mol. The van der Waals surface area contributed by atoms with Gasteiger partial charge in [-0.25, -0.2) is 8.42 Å². The monoisotopic (exact) mass is 345 g/mol. The van der Waals surface area contributed by atoms with Gasteiger partial charge in [-0.2, -0.15) is 0 Å².